The molecule has 1 unspecified atom stereocenters. The smallest absolute Gasteiger partial charge is 0.370 e. The molecule has 3 rings (SSSR count). The zero-order valence-corrected chi connectivity index (χ0v) is 16.6. The molecule has 1 saturated heterocycles. The summed E-state index contributed by atoms with van der Waals surface area (Å²) in [6.07, 6.45) is -2.99. The Kier molecular flexibility index (Phi) is 6.56. The fourth-order valence-corrected chi connectivity index (χ4v) is 3.73. The van der Waals surface area contributed by atoms with Crippen molar-refractivity contribution in [2.75, 3.05) is 26.2 Å². The van der Waals surface area contributed by atoms with E-state index in [2.05, 4.69) is 15.3 Å². The first-order valence-electron chi connectivity index (χ1n) is 9.10. The van der Waals surface area contributed by atoms with Gasteiger partial charge in [-0.05, 0) is 31.5 Å². The number of thiazole rings is 1. The highest BCUT2D eigenvalue weighted by molar-refractivity contribution is 7.11. The van der Waals surface area contributed by atoms with Crippen molar-refractivity contribution < 1.29 is 17.9 Å². The first-order valence-corrected chi connectivity index (χ1v) is 9.91. The summed E-state index contributed by atoms with van der Waals surface area (Å²) in [5.41, 5.74) is -0.139. The van der Waals surface area contributed by atoms with Gasteiger partial charge in [0.2, 0.25) is 0 Å². The minimum Gasteiger partial charge on any atom is -0.370 e. The number of aliphatic imine (C=N–C) groups is 1. The van der Waals surface area contributed by atoms with Crippen molar-refractivity contribution >= 4 is 17.3 Å². The van der Waals surface area contributed by atoms with Crippen LogP contribution in [0, 0.1) is 6.92 Å². The summed E-state index contributed by atoms with van der Waals surface area (Å²) in [7, 11) is 0. The van der Waals surface area contributed by atoms with Crippen LogP contribution < -0.4 is 5.32 Å². The van der Waals surface area contributed by atoms with Crippen molar-refractivity contribution in [3.63, 3.8) is 0 Å². The summed E-state index contributed by atoms with van der Waals surface area (Å²) >= 11 is 1.60. The van der Waals surface area contributed by atoms with Crippen molar-refractivity contribution in [3.05, 3.63) is 51.5 Å². The number of hydrogen-bond acceptors (Lipinski definition) is 4. The fraction of sp³-hybridized carbons (Fsp3) is 0.474. The molecule has 152 valence electrons. The van der Waals surface area contributed by atoms with E-state index in [1.165, 1.54) is 12.1 Å². The number of halogens is 3. The molecule has 1 atom stereocenters. The maximum Gasteiger partial charge on any atom is 0.416 e. The van der Waals surface area contributed by atoms with Crippen LogP contribution in [0.5, 0.6) is 0 Å². The molecule has 1 aliphatic rings. The highest BCUT2D eigenvalue weighted by Crippen LogP contribution is 2.32. The number of alkyl halides is 3. The van der Waals surface area contributed by atoms with E-state index in [0.717, 1.165) is 21.9 Å². The maximum atomic E-state index is 13.0. The van der Waals surface area contributed by atoms with Crippen LogP contribution in [0.2, 0.25) is 0 Å². The number of guanidine groups is 1. The Morgan fingerprint density at radius 3 is 2.93 bits per heavy atom. The van der Waals surface area contributed by atoms with Crippen LogP contribution in [0.25, 0.3) is 0 Å². The number of aryl methyl sites for hydroxylation is 1. The van der Waals surface area contributed by atoms with Crippen LogP contribution in [0.15, 0.2) is 35.5 Å². The Hall–Kier alpha value is -2.13. The van der Waals surface area contributed by atoms with Crippen LogP contribution in [0.1, 0.15) is 34.0 Å². The van der Waals surface area contributed by atoms with Crippen molar-refractivity contribution in [1.82, 2.24) is 15.2 Å². The molecule has 1 aromatic carbocycles. The summed E-state index contributed by atoms with van der Waals surface area (Å²) in [5.74, 6) is 0.730. The van der Waals surface area contributed by atoms with Gasteiger partial charge in [-0.1, -0.05) is 12.1 Å². The van der Waals surface area contributed by atoms with Gasteiger partial charge in [0.1, 0.15) is 6.10 Å². The van der Waals surface area contributed by atoms with Crippen LogP contribution in [0.3, 0.4) is 0 Å². The average Bonchev–Trinajstić information content (AvgIpc) is 3.10. The molecule has 0 spiro atoms. The largest absolute Gasteiger partial charge is 0.416 e. The molecule has 1 aromatic heterocycles. The number of benzene rings is 1. The molecule has 0 radical (unpaired) electrons. The lowest BCUT2D eigenvalue weighted by Gasteiger charge is -2.35. The molecule has 1 aliphatic heterocycles. The van der Waals surface area contributed by atoms with Crippen LogP contribution in [-0.2, 0) is 17.5 Å². The number of morpholine rings is 1. The molecule has 5 nitrogen and oxygen atoms in total. The molecule has 28 heavy (non-hydrogen) atoms. The Labute approximate surface area is 166 Å². The molecule has 2 aromatic rings. The number of aromatic nitrogens is 1. The molecule has 1 fully saturated rings. The minimum absolute atomic E-state index is 0.422. The third-order valence-corrected chi connectivity index (χ3v) is 5.24. The number of rotatable bonds is 4. The Morgan fingerprint density at radius 1 is 1.43 bits per heavy atom. The lowest BCUT2D eigenvalue weighted by molar-refractivity contribution is -0.137. The van der Waals surface area contributed by atoms with Gasteiger partial charge >= 0.3 is 6.18 Å². The Bertz CT molecular complexity index is 822. The molecule has 0 amide bonds. The van der Waals surface area contributed by atoms with Crippen molar-refractivity contribution in [1.29, 1.82) is 0 Å². The fourth-order valence-electron chi connectivity index (χ4n) is 3.02. The average molecular weight is 412 g/mol. The van der Waals surface area contributed by atoms with Gasteiger partial charge in [-0.2, -0.15) is 13.2 Å². The highest BCUT2D eigenvalue weighted by atomic mass is 32.1. The van der Waals surface area contributed by atoms with E-state index in [9.17, 15) is 13.2 Å². The maximum absolute atomic E-state index is 13.0. The third-order valence-electron chi connectivity index (χ3n) is 4.34. The zero-order chi connectivity index (χ0) is 20.1. The normalized spacial score (nSPS) is 18.4. The Balaban J connectivity index is 1.74. The van der Waals surface area contributed by atoms with E-state index in [4.69, 9.17) is 4.74 Å². The van der Waals surface area contributed by atoms with E-state index in [-0.39, 0.29) is 0 Å². The quantitative estimate of drug-likeness (QED) is 0.609. The first kappa shape index (κ1) is 20.6. The molecule has 0 bridgehead atoms. The summed E-state index contributed by atoms with van der Waals surface area (Å²) in [5, 5.41) is 4.25. The minimum atomic E-state index is -4.37. The predicted octanol–water partition coefficient (Wildman–Crippen LogP) is 4.01. The van der Waals surface area contributed by atoms with Crippen LogP contribution >= 0.6 is 11.3 Å². The number of hydrogen-bond donors (Lipinski definition) is 1. The Morgan fingerprint density at radius 2 is 2.25 bits per heavy atom. The highest BCUT2D eigenvalue weighted by Gasteiger charge is 2.32. The molecule has 1 N–H and O–H groups in total. The van der Waals surface area contributed by atoms with E-state index in [1.807, 2.05) is 24.9 Å². The predicted molar refractivity (Wildman–Crippen MR) is 103 cm³/mol. The molecule has 2 heterocycles. The summed E-state index contributed by atoms with van der Waals surface area (Å²) in [4.78, 5) is 12.0. The first-order chi connectivity index (χ1) is 13.4. The van der Waals surface area contributed by atoms with E-state index in [0.29, 0.717) is 38.3 Å². The van der Waals surface area contributed by atoms with Gasteiger partial charge in [-0.3, -0.25) is 0 Å². The second-order valence-electron chi connectivity index (χ2n) is 6.44. The van der Waals surface area contributed by atoms with Crippen molar-refractivity contribution in [2.45, 2.75) is 32.7 Å². The third kappa shape index (κ3) is 5.23. The van der Waals surface area contributed by atoms with E-state index in [1.54, 1.807) is 17.4 Å². The topological polar surface area (TPSA) is 49.8 Å². The molecular formula is C19H23F3N4OS. The lowest BCUT2D eigenvalue weighted by Crippen LogP contribution is -2.48. The second-order valence-corrected chi connectivity index (χ2v) is 7.76. The zero-order valence-electron chi connectivity index (χ0n) is 15.8. The number of ether oxygens (including phenoxy) is 1. The van der Waals surface area contributed by atoms with Crippen LogP contribution in [-0.4, -0.2) is 42.1 Å². The lowest BCUT2D eigenvalue weighted by atomic mass is 10.0. The van der Waals surface area contributed by atoms with Crippen molar-refractivity contribution in [3.8, 4) is 0 Å². The van der Waals surface area contributed by atoms with Gasteiger partial charge in [-0.25, -0.2) is 9.98 Å². The van der Waals surface area contributed by atoms with Crippen molar-refractivity contribution in [2.24, 2.45) is 4.99 Å². The molecule has 9 heteroatoms. The molecular weight excluding hydrogens is 389 g/mol. The van der Waals surface area contributed by atoms with E-state index >= 15 is 0 Å². The van der Waals surface area contributed by atoms with Gasteiger partial charge in [0.25, 0.3) is 0 Å². The van der Waals surface area contributed by atoms with Gasteiger partial charge in [-0.15, -0.1) is 11.3 Å². The standard InChI is InChI=1S/C19H23F3N4OS/c1-3-23-18(25-11-16-10-24-13(2)28-16)26-7-8-27-17(12-26)14-5-4-6-15(9-14)19(20,21)22/h4-6,9-10,17H,3,7-8,11-12H2,1-2H3,(H,23,25). The number of nitrogens with zero attached hydrogens (tertiary/aromatic N) is 3. The van der Waals surface area contributed by atoms with Crippen LogP contribution in [0.4, 0.5) is 13.2 Å². The second kappa shape index (κ2) is 8.91. The SMILES string of the molecule is CCNC(=NCc1cnc(C)s1)N1CCOC(c2cccc(C(F)(F)F)c2)C1. The monoisotopic (exact) mass is 412 g/mol. The summed E-state index contributed by atoms with van der Waals surface area (Å²) in [6.45, 7) is 6.64. The number of nitrogens with one attached hydrogen (secondary N) is 1. The summed E-state index contributed by atoms with van der Waals surface area (Å²) < 4.78 is 44.8. The van der Waals surface area contributed by atoms with Gasteiger partial charge in [0.15, 0.2) is 5.96 Å². The summed E-state index contributed by atoms with van der Waals surface area (Å²) in [6, 6.07) is 5.34. The molecule has 0 aliphatic carbocycles. The van der Waals surface area contributed by atoms with Gasteiger partial charge in [0, 0.05) is 24.2 Å². The van der Waals surface area contributed by atoms with Gasteiger partial charge < -0.3 is 15.0 Å². The van der Waals surface area contributed by atoms with E-state index < -0.39 is 17.8 Å². The van der Waals surface area contributed by atoms with Gasteiger partial charge in [0.05, 0.1) is 30.3 Å². The molecule has 0 saturated carbocycles.